The molecule has 1 aliphatic heterocycles. The first-order chi connectivity index (χ1) is 18.5. The summed E-state index contributed by atoms with van der Waals surface area (Å²) in [5.41, 5.74) is 2.74. The van der Waals surface area contributed by atoms with Crippen molar-refractivity contribution in [2.75, 3.05) is 18.9 Å². The van der Waals surface area contributed by atoms with Gasteiger partial charge in [-0.05, 0) is 67.3 Å². The maximum atomic E-state index is 13.1. The van der Waals surface area contributed by atoms with Crippen LogP contribution in [-0.2, 0) is 16.4 Å². The van der Waals surface area contributed by atoms with Gasteiger partial charge in [0.05, 0.1) is 46.5 Å². The highest BCUT2D eigenvalue weighted by Gasteiger charge is 2.42. The minimum atomic E-state index is -4.12. The summed E-state index contributed by atoms with van der Waals surface area (Å²) in [6.07, 6.45) is -0.324. The Morgan fingerprint density at radius 3 is 2.38 bits per heavy atom. The first kappa shape index (κ1) is 29.5. The lowest BCUT2D eigenvalue weighted by atomic mass is 9.81. The number of pyridine rings is 1. The smallest absolute Gasteiger partial charge is 0.391 e. The molecule has 0 spiro atoms. The first-order valence-corrected chi connectivity index (χ1v) is 15.2. The number of aliphatic hydroxyl groups is 1. The van der Waals surface area contributed by atoms with Crippen molar-refractivity contribution in [3.8, 4) is 0 Å². The van der Waals surface area contributed by atoms with E-state index in [4.69, 9.17) is 0 Å². The average Bonchev–Trinajstić information content (AvgIpc) is 3.27. The summed E-state index contributed by atoms with van der Waals surface area (Å²) in [4.78, 5) is 20.1. The Balaban J connectivity index is 1.41. The zero-order chi connectivity index (χ0) is 28.4. The van der Waals surface area contributed by atoms with Gasteiger partial charge in [-0.2, -0.15) is 13.2 Å². The van der Waals surface area contributed by atoms with E-state index in [2.05, 4.69) is 22.1 Å². The lowest BCUT2D eigenvalue weighted by Gasteiger charge is -2.33. The van der Waals surface area contributed by atoms with Crippen LogP contribution >= 0.6 is 0 Å². The fraction of sp³-hybridized carbons (Fsp3) is 0.571. The number of benzene rings is 1. The topological polar surface area (TPSA) is 99.6 Å². The van der Waals surface area contributed by atoms with Crippen molar-refractivity contribution in [3.63, 3.8) is 0 Å². The van der Waals surface area contributed by atoms with Gasteiger partial charge in [-0.1, -0.05) is 26.0 Å². The molecule has 0 bridgehead atoms. The van der Waals surface area contributed by atoms with E-state index in [9.17, 15) is 31.5 Å². The van der Waals surface area contributed by atoms with Crippen LogP contribution < -0.4 is 5.32 Å². The summed E-state index contributed by atoms with van der Waals surface area (Å²) < 4.78 is 63.3. The van der Waals surface area contributed by atoms with Crippen LogP contribution in [0.5, 0.6) is 0 Å². The summed E-state index contributed by atoms with van der Waals surface area (Å²) in [7, 11) is -3.36. The predicted molar refractivity (Wildman–Crippen MR) is 141 cm³/mol. The lowest BCUT2D eigenvalue weighted by molar-refractivity contribution is -0.184. The molecule has 1 amide bonds. The molecule has 2 heterocycles. The largest absolute Gasteiger partial charge is 0.394 e. The van der Waals surface area contributed by atoms with Crippen molar-refractivity contribution in [1.82, 2.24) is 15.2 Å². The molecule has 39 heavy (non-hydrogen) atoms. The van der Waals surface area contributed by atoms with Crippen LogP contribution in [0.3, 0.4) is 0 Å². The Morgan fingerprint density at radius 2 is 1.82 bits per heavy atom. The highest BCUT2D eigenvalue weighted by Crippen LogP contribution is 2.42. The second-order valence-electron chi connectivity index (χ2n) is 10.6. The molecule has 1 aromatic heterocycles. The van der Waals surface area contributed by atoms with Crippen molar-refractivity contribution in [2.24, 2.45) is 11.8 Å². The number of nitrogens with zero attached hydrogens (tertiary/aromatic N) is 2. The fourth-order valence-electron chi connectivity index (χ4n) is 5.77. The molecular weight excluding hydrogens is 531 g/mol. The third kappa shape index (κ3) is 6.63. The van der Waals surface area contributed by atoms with E-state index in [0.717, 1.165) is 17.7 Å². The van der Waals surface area contributed by atoms with Gasteiger partial charge in [0, 0.05) is 19.3 Å². The molecule has 214 valence electrons. The van der Waals surface area contributed by atoms with Crippen LogP contribution in [0.1, 0.15) is 85.2 Å². The summed E-state index contributed by atoms with van der Waals surface area (Å²) in [5.74, 6) is -1.42. The van der Waals surface area contributed by atoms with Gasteiger partial charge in [-0.25, -0.2) is 8.42 Å². The van der Waals surface area contributed by atoms with Crippen LogP contribution in [0.2, 0.25) is 0 Å². The van der Waals surface area contributed by atoms with E-state index in [1.165, 1.54) is 18.3 Å². The minimum absolute atomic E-state index is 0.0205. The van der Waals surface area contributed by atoms with Gasteiger partial charge in [-0.15, -0.1) is 0 Å². The minimum Gasteiger partial charge on any atom is -0.394 e. The van der Waals surface area contributed by atoms with E-state index in [1.807, 2.05) is 0 Å². The van der Waals surface area contributed by atoms with Crippen LogP contribution in [-0.4, -0.2) is 54.4 Å². The SMILES string of the molecule is CCC1c2ncc(C(=O)N[C@@H](CO)c3ccc(S(=O)(=O)CC)cc3)cc2CN1CC1CCC(C(F)(F)F)CC1. The molecule has 2 aromatic rings. The predicted octanol–water partition coefficient (Wildman–Crippen LogP) is 4.97. The Bertz CT molecular complexity index is 1260. The number of fused-ring (bicyclic) bond motifs is 1. The van der Waals surface area contributed by atoms with Crippen molar-refractivity contribution < 1.29 is 31.5 Å². The average molecular weight is 568 g/mol. The number of halogens is 3. The van der Waals surface area contributed by atoms with E-state index < -0.39 is 33.9 Å². The second kappa shape index (κ2) is 11.9. The standard InChI is InChI=1S/C28H36F3N3O4S/c1-3-25-26-21(16-34(25)15-18-5-9-22(10-6-18)28(29,30)31)13-20(14-32-26)27(36)33-24(17-35)19-7-11-23(12-8-19)39(37,38)4-2/h7-8,11-14,18,22,24-25,35H,3-6,9-10,15-17H2,1-2H3,(H,33,36)/t18?,22?,24-,25?/m0/s1. The first-order valence-electron chi connectivity index (χ1n) is 13.5. The molecular formula is C28H36F3N3O4S. The van der Waals surface area contributed by atoms with E-state index in [0.29, 0.717) is 37.1 Å². The summed E-state index contributed by atoms with van der Waals surface area (Å²) in [6, 6.07) is 7.22. The zero-order valence-corrected chi connectivity index (χ0v) is 23.1. The maximum Gasteiger partial charge on any atom is 0.391 e. The number of rotatable bonds is 9. The number of aromatic nitrogens is 1. The Kier molecular flexibility index (Phi) is 9.02. The second-order valence-corrected chi connectivity index (χ2v) is 12.8. The van der Waals surface area contributed by atoms with Crippen molar-refractivity contribution in [2.45, 2.75) is 75.7 Å². The van der Waals surface area contributed by atoms with Gasteiger partial charge < -0.3 is 10.4 Å². The summed E-state index contributed by atoms with van der Waals surface area (Å²) in [5, 5.41) is 12.7. The van der Waals surface area contributed by atoms with Crippen LogP contribution in [0.4, 0.5) is 13.2 Å². The third-order valence-electron chi connectivity index (χ3n) is 8.09. The van der Waals surface area contributed by atoms with Gasteiger partial charge in [0.2, 0.25) is 0 Å². The highest BCUT2D eigenvalue weighted by molar-refractivity contribution is 7.91. The van der Waals surface area contributed by atoms with E-state index >= 15 is 0 Å². The molecule has 1 aliphatic carbocycles. The van der Waals surface area contributed by atoms with Gasteiger partial charge >= 0.3 is 6.18 Å². The molecule has 1 saturated carbocycles. The molecule has 0 radical (unpaired) electrons. The van der Waals surface area contributed by atoms with Crippen LogP contribution in [0, 0.1) is 11.8 Å². The summed E-state index contributed by atoms with van der Waals surface area (Å²) >= 11 is 0. The van der Waals surface area contributed by atoms with Gasteiger partial charge in [-0.3, -0.25) is 14.7 Å². The molecule has 0 saturated heterocycles. The molecule has 2 atom stereocenters. The van der Waals surface area contributed by atoms with Crippen molar-refractivity contribution >= 4 is 15.7 Å². The van der Waals surface area contributed by atoms with Gasteiger partial charge in [0.25, 0.3) is 5.91 Å². The number of aliphatic hydroxyl groups excluding tert-OH is 1. The van der Waals surface area contributed by atoms with E-state index in [-0.39, 0.29) is 42.1 Å². The summed E-state index contributed by atoms with van der Waals surface area (Å²) in [6.45, 7) is 4.54. The number of amides is 1. The van der Waals surface area contributed by atoms with Crippen LogP contribution in [0.15, 0.2) is 41.4 Å². The number of nitrogens with one attached hydrogen (secondary N) is 1. The van der Waals surface area contributed by atoms with Crippen molar-refractivity contribution in [1.29, 1.82) is 0 Å². The zero-order valence-electron chi connectivity index (χ0n) is 22.2. The number of hydrogen-bond donors (Lipinski definition) is 2. The molecule has 2 N–H and O–H groups in total. The molecule has 1 unspecified atom stereocenters. The molecule has 7 nitrogen and oxygen atoms in total. The molecule has 2 aliphatic rings. The number of alkyl halides is 3. The Morgan fingerprint density at radius 1 is 1.15 bits per heavy atom. The third-order valence-corrected chi connectivity index (χ3v) is 9.84. The van der Waals surface area contributed by atoms with Gasteiger partial charge in [0.1, 0.15) is 0 Å². The number of carbonyl (C=O) groups is 1. The number of carbonyl (C=O) groups excluding carboxylic acids is 1. The Hall–Kier alpha value is -2.50. The Labute approximate surface area is 227 Å². The fourth-order valence-corrected chi connectivity index (χ4v) is 6.66. The monoisotopic (exact) mass is 567 g/mol. The molecule has 4 rings (SSSR count). The molecule has 1 aromatic carbocycles. The molecule has 11 heteroatoms. The normalized spacial score (nSPS) is 22.9. The van der Waals surface area contributed by atoms with Crippen molar-refractivity contribution in [3.05, 3.63) is 58.9 Å². The number of sulfone groups is 1. The quantitative estimate of drug-likeness (QED) is 0.444. The number of hydrogen-bond acceptors (Lipinski definition) is 6. The highest BCUT2D eigenvalue weighted by atomic mass is 32.2. The molecule has 1 fully saturated rings. The lowest BCUT2D eigenvalue weighted by Crippen LogP contribution is -2.33. The maximum absolute atomic E-state index is 13.1. The van der Waals surface area contributed by atoms with E-state index in [1.54, 1.807) is 25.1 Å². The van der Waals surface area contributed by atoms with Gasteiger partial charge in [0.15, 0.2) is 9.84 Å². The van der Waals surface area contributed by atoms with Crippen LogP contribution in [0.25, 0.3) is 0 Å².